The van der Waals surface area contributed by atoms with Gasteiger partial charge in [-0.2, -0.15) is 0 Å². The first-order chi connectivity index (χ1) is 8.50. The van der Waals surface area contributed by atoms with Gasteiger partial charge >= 0.3 is 0 Å². The van der Waals surface area contributed by atoms with Crippen LogP contribution in [0, 0.1) is 5.92 Å². The van der Waals surface area contributed by atoms with E-state index in [1.165, 1.54) is 0 Å². The summed E-state index contributed by atoms with van der Waals surface area (Å²) >= 11 is 0. The Morgan fingerprint density at radius 3 is 2.44 bits per heavy atom. The van der Waals surface area contributed by atoms with Crippen LogP contribution in [0.2, 0.25) is 0 Å². The number of amides is 1. The maximum absolute atomic E-state index is 13.1. The third-order valence-electron chi connectivity index (χ3n) is 3.50. The third-order valence-corrected chi connectivity index (χ3v) is 3.50. The molecule has 1 fully saturated rings. The summed E-state index contributed by atoms with van der Waals surface area (Å²) in [4.78, 5) is 14.0. The van der Waals surface area contributed by atoms with Crippen LogP contribution < -0.4 is 5.73 Å². The Bertz CT molecular complexity index is 262. The number of rotatable bonds is 6. The highest BCUT2D eigenvalue weighted by Gasteiger charge is 2.38. The molecule has 2 N–H and O–H groups in total. The molecule has 0 radical (unpaired) electrons. The minimum Gasteiger partial charge on any atom is -0.342 e. The van der Waals surface area contributed by atoms with E-state index in [0.717, 1.165) is 12.8 Å². The van der Waals surface area contributed by atoms with E-state index < -0.39 is 5.92 Å². The van der Waals surface area contributed by atoms with Crippen molar-refractivity contribution in [3.63, 3.8) is 0 Å². The van der Waals surface area contributed by atoms with Crippen molar-refractivity contribution < 1.29 is 13.6 Å². The molecule has 0 unspecified atom stereocenters. The lowest BCUT2D eigenvalue weighted by atomic mass is 9.86. The number of carbonyl (C=O) groups is 1. The summed E-state index contributed by atoms with van der Waals surface area (Å²) in [5.74, 6) is -2.74. The fourth-order valence-corrected chi connectivity index (χ4v) is 2.43. The third kappa shape index (κ3) is 4.52. The topological polar surface area (TPSA) is 46.3 Å². The fourth-order valence-electron chi connectivity index (χ4n) is 2.43. The van der Waals surface area contributed by atoms with Crippen LogP contribution in [0.25, 0.3) is 0 Å². The van der Waals surface area contributed by atoms with Crippen molar-refractivity contribution in [1.29, 1.82) is 0 Å². The number of hydrogen-bond donors (Lipinski definition) is 1. The van der Waals surface area contributed by atoms with Gasteiger partial charge in [0.2, 0.25) is 11.8 Å². The van der Waals surface area contributed by atoms with E-state index in [1.807, 2.05) is 6.92 Å². The van der Waals surface area contributed by atoms with Gasteiger partial charge in [0.1, 0.15) is 0 Å². The molecule has 0 aromatic carbocycles. The number of nitrogens with two attached hydrogens (primary N) is 1. The molecule has 106 valence electrons. The van der Waals surface area contributed by atoms with Crippen molar-refractivity contribution in [3.8, 4) is 0 Å². The minimum atomic E-state index is -2.57. The zero-order valence-electron chi connectivity index (χ0n) is 11.1. The molecule has 1 saturated carbocycles. The van der Waals surface area contributed by atoms with Crippen molar-refractivity contribution in [1.82, 2.24) is 4.90 Å². The van der Waals surface area contributed by atoms with Gasteiger partial charge in [-0.1, -0.05) is 6.92 Å². The van der Waals surface area contributed by atoms with Crippen LogP contribution in [0.4, 0.5) is 8.78 Å². The van der Waals surface area contributed by atoms with Crippen LogP contribution in [0.1, 0.15) is 45.4 Å². The van der Waals surface area contributed by atoms with Crippen LogP contribution in [0.5, 0.6) is 0 Å². The van der Waals surface area contributed by atoms with E-state index in [2.05, 4.69) is 0 Å². The fraction of sp³-hybridized carbons (Fsp3) is 0.923. The van der Waals surface area contributed by atoms with Crippen molar-refractivity contribution in [2.45, 2.75) is 51.4 Å². The zero-order valence-corrected chi connectivity index (χ0v) is 11.1. The van der Waals surface area contributed by atoms with Gasteiger partial charge in [0.05, 0.1) is 0 Å². The van der Waals surface area contributed by atoms with Crippen LogP contribution in [0.3, 0.4) is 0 Å². The molecular weight excluding hydrogens is 238 g/mol. The summed E-state index contributed by atoms with van der Waals surface area (Å²) < 4.78 is 26.1. The first kappa shape index (κ1) is 15.3. The molecule has 1 amide bonds. The molecule has 0 bridgehead atoms. The second kappa shape index (κ2) is 7.02. The molecular formula is C13H24F2N2O. The van der Waals surface area contributed by atoms with Crippen LogP contribution in [-0.4, -0.2) is 36.4 Å². The molecule has 18 heavy (non-hydrogen) atoms. The minimum absolute atomic E-state index is 0.0424. The molecule has 0 aliphatic heterocycles. The molecule has 1 aliphatic rings. The molecule has 1 aliphatic carbocycles. The van der Waals surface area contributed by atoms with Crippen LogP contribution >= 0.6 is 0 Å². The van der Waals surface area contributed by atoms with Crippen molar-refractivity contribution >= 4 is 5.91 Å². The van der Waals surface area contributed by atoms with E-state index in [9.17, 15) is 13.6 Å². The molecule has 0 atom stereocenters. The van der Waals surface area contributed by atoms with Gasteiger partial charge in [0, 0.05) is 31.8 Å². The van der Waals surface area contributed by atoms with E-state index in [4.69, 9.17) is 5.73 Å². The number of carbonyl (C=O) groups excluding carboxylic acids is 1. The van der Waals surface area contributed by atoms with Crippen LogP contribution in [0.15, 0.2) is 0 Å². The van der Waals surface area contributed by atoms with Gasteiger partial charge < -0.3 is 10.6 Å². The van der Waals surface area contributed by atoms with E-state index in [1.54, 1.807) is 4.90 Å². The highest BCUT2D eigenvalue weighted by molar-refractivity contribution is 5.79. The summed E-state index contributed by atoms with van der Waals surface area (Å²) in [6.07, 6.45) is 1.98. The standard InChI is InChI=1S/C13H24F2N2O/c1-2-9-17(10-3-8-16)12(18)11-4-6-13(14,15)7-5-11/h11H,2-10,16H2,1H3. The average Bonchev–Trinajstić information content (AvgIpc) is 2.33. The zero-order chi connectivity index (χ0) is 13.6. The summed E-state index contributed by atoms with van der Waals surface area (Å²) in [5.41, 5.74) is 5.45. The Morgan fingerprint density at radius 2 is 1.94 bits per heavy atom. The first-order valence-electron chi connectivity index (χ1n) is 6.87. The lowest BCUT2D eigenvalue weighted by Crippen LogP contribution is -2.40. The van der Waals surface area contributed by atoms with Gasteiger partial charge in [0.25, 0.3) is 0 Å². The number of alkyl halides is 2. The monoisotopic (exact) mass is 262 g/mol. The first-order valence-corrected chi connectivity index (χ1v) is 6.87. The Morgan fingerprint density at radius 1 is 1.33 bits per heavy atom. The van der Waals surface area contributed by atoms with Gasteiger partial charge in [-0.25, -0.2) is 8.78 Å². The molecule has 5 heteroatoms. The van der Waals surface area contributed by atoms with Gasteiger partial charge in [0.15, 0.2) is 0 Å². The highest BCUT2D eigenvalue weighted by Crippen LogP contribution is 2.36. The normalized spacial score (nSPS) is 19.8. The van der Waals surface area contributed by atoms with Gasteiger partial charge in [-0.05, 0) is 32.2 Å². The smallest absolute Gasteiger partial charge is 0.248 e. The van der Waals surface area contributed by atoms with Crippen molar-refractivity contribution in [2.24, 2.45) is 11.7 Å². The van der Waals surface area contributed by atoms with E-state index in [0.29, 0.717) is 32.5 Å². The predicted molar refractivity (Wildman–Crippen MR) is 67.4 cm³/mol. The summed E-state index contributed by atoms with van der Waals surface area (Å²) in [6.45, 7) is 3.91. The Kier molecular flexibility index (Phi) is 5.99. The lowest BCUT2D eigenvalue weighted by Gasteiger charge is -2.32. The largest absolute Gasteiger partial charge is 0.342 e. The predicted octanol–water partition coefficient (Wildman–Crippen LogP) is 2.40. The lowest BCUT2D eigenvalue weighted by molar-refractivity contribution is -0.139. The van der Waals surface area contributed by atoms with Gasteiger partial charge in [-0.3, -0.25) is 4.79 Å². The van der Waals surface area contributed by atoms with Gasteiger partial charge in [-0.15, -0.1) is 0 Å². The Hall–Kier alpha value is -0.710. The Labute approximate surface area is 108 Å². The summed E-state index contributed by atoms with van der Waals surface area (Å²) in [6, 6.07) is 0. The number of hydrogen-bond acceptors (Lipinski definition) is 2. The van der Waals surface area contributed by atoms with Crippen LogP contribution in [-0.2, 0) is 4.79 Å². The maximum Gasteiger partial charge on any atom is 0.248 e. The van der Waals surface area contributed by atoms with Crippen molar-refractivity contribution in [3.05, 3.63) is 0 Å². The summed E-state index contributed by atoms with van der Waals surface area (Å²) in [7, 11) is 0. The maximum atomic E-state index is 13.1. The molecule has 0 spiro atoms. The second-order valence-corrected chi connectivity index (χ2v) is 5.10. The second-order valence-electron chi connectivity index (χ2n) is 5.10. The van der Waals surface area contributed by atoms with Crippen molar-refractivity contribution in [2.75, 3.05) is 19.6 Å². The SMILES string of the molecule is CCCN(CCCN)C(=O)C1CCC(F)(F)CC1. The molecule has 0 heterocycles. The average molecular weight is 262 g/mol. The number of nitrogens with zero attached hydrogens (tertiary/aromatic N) is 1. The summed E-state index contributed by atoms with van der Waals surface area (Å²) in [5, 5.41) is 0. The van der Waals surface area contributed by atoms with E-state index >= 15 is 0 Å². The van der Waals surface area contributed by atoms with E-state index in [-0.39, 0.29) is 24.7 Å². The molecule has 0 aromatic rings. The molecule has 3 nitrogen and oxygen atoms in total. The molecule has 0 saturated heterocycles. The molecule has 0 aromatic heterocycles. The number of halogens is 2. The molecule has 1 rings (SSSR count). The Balaban J connectivity index is 2.50. The highest BCUT2D eigenvalue weighted by atomic mass is 19.3. The quantitative estimate of drug-likeness (QED) is 0.799.